The van der Waals surface area contributed by atoms with Crippen molar-refractivity contribution < 1.29 is 4.79 Å². The fraction of sp³-hybridized carbons (Fsp3) is 0.385. The quantitative estimate of drug-likeness (QED) is 0.774. The number of nitrogens with zero attached hydrogens (tertiary/aromatic N) is 3. The van der Waals surface area contributed by atoms with E-state index in [4.69, 9.17) is 11.0 Å². The molecule has 1 saturated heterocycles. The second-order valence-electron chi connectivity index (χ2n) is 4.45. The van der Waals surface area contributed by atoms with Crippen molar-refractivity contribution in [1.29, 1.82) is 5.26 Å². The highest BCUT2D eigenvalue weighted by Crippen LogP contribution is 2.22. The van der Waals surface area contributed by atoms with Crippen molar-refractivity contribution in [2.24, 2.45) is 0 Å². The molecule has 1 aromatic carbocycles. The first-order valence-electron chi connectivity index (χ1n) is 5.86. The normalized spacial score (nSPS) is 15.7. The van der Waals surface area contributed by atoms with Gasteiger partial charge in [-0.2, -0.15) is 5.26 Å². The van der Waals surface area contributed by atoms with Crippen LogP contribution in [0.4, 0.5) is 11.4 Å². The summed E-state index contributed by atoms with van der Waals surface area (Å²) in [4.78, 5) is 15.4. The zero-order valence-electron chi connectivity index (χ0n) is 10.4. The second kappa shape index (κ2) is 4.96. The molecular weight excluding hydrogens is 228 g/mol. The molecule has 18 heavy (non-hydrogen) atoms. The van der Waals surface area contributed by atoms with E-state index >= 15 is 0 Å². The number of hydrogen-bond acceptors (Lipinski definition) is 4. The summed E-state index contributed by atoms with van der Waals surface area (Å²) >= 11 is 0. The van der Waals surface area contributed by atoms with E-state index in [0.29, 0.717) is 18.7 Å². The molecule has 1 aliphatic heterocycles. The van der Waals surface area contributed by atoms with E-state index in [1.165, 1.54) is 0 Å². The van der Waals surface area contributed by atoms with Crippen LogP contribution in [0.2, 0.25) is 0 Å². The van der Waals surface area contributed by atoms with E-state index < -0.39 is 0 Å². The summed E-state index contributed by atoms with van der Waals surface area (Å²) < 4.78 is 0. The molecule has 0 aromatic heterocycles. The molecule has 5 nitrogen and oxygen atoms in total. The summed E-state index contributed by atoms with van der Waals surface area (Å²) in [5.41, 5.74) is 8.21. The minimum Gasteiger partial charge on any atom is -0.398 e. The minimum absolute atomic E-state index is 0.111. The third kappa shape index (κ3) is 2.38. The maximum Gasteiger partial charge on any atom is 0.241 e. The number of carbonyl (C=O) groups is 1. The zero-order valence-corrected chi connectivity index (χ0v) is 10.4. The summed E-state index contributed by atoms with van der Waals surface area (Å²) in [6.45, 7) is 1.90. The first-order chi connectivity index (χ1) is 8.61. The lowest BCUT2D eigenvalue weighted by molar-refractivity contribution is -0.129. The van der Waals surface area contributed by atoms with Gasteiger partial charge < -0.3 is 15.5 Å². The fourth-order valence-electron chi connectivity index (χ4n) is 2.01. The number of nitriles is 1. The summed E-state index contributed by atoms with van der Waals surface area (Å²) in [5, 5.41) is 8.74. The van der Waals surface area contributed by atoms with E-state index in [1.54, 1.807) is 11.0 Å². The Morgan fingerprint density at radius 2 is 2.22 bits per heavy atom. The Labute approximate surface area is 106 Å². The lowest BCUT2D eigenvalue weighted by atomic mass is 10.1. The molecule has 2 rings (SSSR count). The fourth-order valence-corrected chi connectivity index (χ4v) is 2.01. The number of amides is 1. The maximum absolute atomic E-state index is 11.7. The van der Waals surface area contributed by atoms with Gasteiger partial charge in [0.15, 0.2) is 0 Å². The molecule has 0 aliphatic carbocycles. The predicted molar refractivity (Wildman–Crippen MR) is 70.0 cm³/mol. The summed E-state index contributed by atoms with van der Waals surface area (Å²) in [6.07, 6.45) is 0.293. The highest BCUT2D eigenvalue weighted by molar-refractivity contribution is 5.82. The van der Waals surface area contributed by atoms with Crippen molar-refractivity contribution >= 4 is 17.3 Å². The summed E-state index contributed by atoms with van der Waals surface area (Å²) in [5.74, 6) is 0.111. The number of piperazine rings is 1. The number of likely N-dealkylation sites (N-methyl/N-ethyl adjacent to an activating group) is 1. The van der Waals surface area contributed by atoms with Gasteiger partial charge in [0.2, 0.25) is 5.91 Å². The lowest BCUT2D eigenvalue weighted by Gasteiger charge is -2.33. The van der Waals surface area contributed by atoms with Crippen LogP contribution in [-0.4, -0.2) is 37.5 Å². The SMILES string of the molecule is CN1CCN(c2ccc(N)c(CC#N)c2)CC1=O. The Hall–Kier alpha value is -2.22. The van der Waals surface area contributed by atoms with Crippen LogP contribution < -0.4 is 10.6 Å². The molecule has 0 bridgehead atoms. The first kappa shape index (κ1) is 12.2. The van der Waals surface area contributed by atoms with Crippen LogP contribution >= 0.6 is 0 Å². The first-order valence-corrected chi connectivity index (χ1v) is 5.86. The highest BCUT2D eigenvalue weighted by atomic mass is 16.2. The van der Waals surface area contributed by atoms with Gasteiger partial charge in [-0.05, 0) is 23.8 Å². The molecule has 0 radical (unpaired) electrons. The standard InChI is InChI=1S/C13H16N4O/c1-16-6-7-17(9-13(16)18)11-2-3-12(15)10(8-11)4-5-14/h2-3,8H,4,6-7,9,15H2,1H3. The third-order valence-electron chi connectivity index (χ3n) is 3.22. The van der Waals surface area contributed by atoms with Crippen molar-refractivity contribution in [3.8, 4) is 6.07 Å². The Kier molecular flexibility index (Phi) is 3.38. The van der Waals surface area contributed by atoms with Gasteiger partial charge in [0.25, 0.3) is 0 Å². The molecule has 5 heteroatoms. The number of nitrogen functional groups attached to an aromatic ring is 1. The largest absolute Gasteiger partial charge is 0.398 e. The maximum atomic E-state index is 11.7. The Balaban J connectivity index is 2.21. The number of carbonyl (C=O) groups excluding carboxylic acids is 1. The molecule has 1 fully saturated rings. The van der Waals surface area contributed by atoms with Gasteiger partial charge in [-0.3, -0.25) is 4.79 Å². The van der Waals surface area contributed by atoms with Crippen molar-refractivity contribution in [2.75, 3.05) is 37.3 Å². The number of anilines is 2. The number of nitrogens with two attached hydrogens (primary N) is 1. The Morgan fingerprint density at radius 1 is 1.44 bits per heavy atom. The van der Waals surface area contributed by atoms with Gasteiger partial charge in [-0.25, -0.2) is 0 Å². The van der Waals surface area contributed by atoms with Gasteiger partial charge in [0, 0.05) is 31.5 Å². The number of benzene rings is 1. The number of hydrogen-bond donors (Lipinski definition) is 1. The monoisotopic (exact) mass is 244 g/mol. The van der Waals surface area contributed by atoms with Crippen LogP contribution in [0.5, 0.6) is 0 Å². The third-order valence-corrected chi connectivity index (χ3v) is 3.22. The van der Waals surface area contributed by atoms with Gasteiger partial charge in [-0.1, -0.05) is 0 Å². The minimum atomic E-state index is 0.111. The molecular formula is C13H16N4O. The molecule has 0 unspecified atom stereocenters. The van der Waals surface area contributed by atoms with Gasteiger partial charge >= 0.3 is 0 Å². The van der Waals surface area contributed by atoms with E-state index in [-0.39, 0.29) is 5.91 Å². The van der Waals surface area contributed by atoms with Gasteiger partial charge in [-0.15, -0.1) is 0 Å². The molecule has 0 saturated carbocycles. The van der Waals surface area contributed by atoms with Crippen LogP contribution in [0, 0.1) is 11.3 Å². The van der Waals surface area contributed by atoms with E-state index in [1.807, 2.05) is 24.1 Å². The van der Waals surface area contributed by atoms with Crippen LogP contribution in [-0.2, 0) is 11.2 Å². The molecule has 1 aliphatic rings. The van der Waals surface area contributed by atoms with Crippen molar-refractivity contribution in [3.63, 3.8) is 0 Å². The zero-order chi connectivity index (χ0) is 13.1. The topological polar surface area (TPSA) is 73.4 Å². The molecule has 0 spiro atoms. The predicted octanol–water partition coefficient (Wildman–Crippen LogP) is 0.613. The van der Waals surface area contributed by atoms with Crippen LogP contribution in [0.25, 0.3) is 0 Å². The molecule has 94 valence electrons. The molecule has 0 atom stereocenters. The van der Waals surface area contributed by atoms with Crippen molar-refractivity contribution in [1.82, 2.24) is 4.90 Å². The molecule has 1 heterocycles. The van der Waals surface area contributed by atoms with Gasteiger partial charge in [0.1, 0.15) is 0 Å². The molecule has 1 amide bonds. The average Bonchev–Trinajstić information content (AvgIpc) is 2.36. The van der Waals surface area contributed by atoms with Crippen LogP contribution in [0.1, 0.15) is 5.56 Å². The second-order valence-corrected chi connectivity index (χ2v) is 4.45. The van der Waals surface area contributed by atoms with Gasteiger partial charge in [0.05, 0.1) is 19.0 Å². The highest BCUT2D eigenvalue weighted by Gasteiger charge is 2.21. The molecule has 2 N–H and O–H groups in total. The van der Waals surface area contributed by atoms with E-state index in [2.05, 4.69) is 6.07 Å². The van der Waals surface area contributed by atoms with Crippen LogP contribution in [0.3, 0.4) is 0 Å². The van der Waals surface area contributed by atoms with Crippen molar-refractivity contribution in [2.45, 2.75) is 6.42 Å². The van der Waals surface area contributed by atoms with E-state index in [9.17, 15) is 4.79 Å². The lowest BCUT2D eigenvalue weighted by Crippen LogP contribution is -2.48. The Bertz CT molecular complexity index is 506. The average molecular weight is 244 g/mol. The summed E-state index contributed by atoms with van der Waals surface area (Å²) in [6, 6.07) is 7.69. The Morgan fingerprint density at radius 3 is 2.89 bits per heavy atom. The summed E-state index contributed by atoms with van der Waals surface area (Å²) in [7, 11) is 1.81. The smallest absolute Gasteiger partial charge is 0.241 e. The molecule has 1 aromatic rings. The van der Waals surface area contributed by atoms with Crippen LogP contribution in [0.15, 0.2) is 18.2 Å². The van der Waals surface area contributed by atoms with Crippen molar-refractivity contribution in [3.05, 3.63) is 23.8 Å². The number of rotatable bonds is 2. The van der Waals surface area contributed by atoms with E-state index in [0.717, 1.165) is 24.3 Å².